The van der Waals surface area contributed by atoms with Crippen LogP contribution in [0, 0.1) is 23.1 Å². The topological polar surface area (TPSA) is 70.3 Å². The molecule has 0 saturated heterocycles. The number of ether oxygens (including phenoxy) is 1. The summed E-state index contributed by atoms with van der Waals surface area (Å²) >= 11 is 0. The average Bonchev–Trinajstić information content (AvgIpc) is 2.74. The Kier molecular flexibility index (Phi) is 7.00. The summed E-state index contributed by atoms with van der Waals surface area (Å²) in [5, 5.41) is 18.5. The molecule has 4 nitrogen and oxygen atoms in total. The van der Waals surface area contributed by atoms with Gasteiger partial charge in [0, 0.05) is 13.2 Å². The van der Waals surface area contributed by atoms with Gasteiger partial charge in [0.2, 0.25) is 0 Å². The van der Waals surface area contributed by atoms with Crippen molar-refractivity contribution >= 4 is 5.97 Å². The summed E-state index contributed by atoms with van der Waals surface area (Å²) in [5.41, 5.74) is 2.14. The first-order valence-corrected chi connectivity index (χ1v) is 10.2. The monoisotopic (exact) mass is 395 g/mol. The zero-order valence-electron chi connectivity index (χ0n) is 16.7. The van der Waals surface area contributed by atoms with Crippen molar-refractivity contribution in [2.24, 2.45) is 5.92 Å². The van der Waals surface area contributed by atoms with Crippen molar-refractivity contribution in [1.82, 2.24) is 0 Å². The summed E-state index contributed by atoms with van der Waals surface area (Å²) in [5.74, 6) is -0.738. The lowest BCUT2D eigenvalue weighted by molar-refractivity contribution is 0.0697. The molecule has 1 saturated carbocycles. The van der Waals surface area contributed by atoms with Gasteiger partial charge in [0.1, 0.15) is 11.9 Å². The average molecular weight is 395 g/mol. The van der Waals surface area contributed by atoms with Gasteiger partial charge in [-0.3, -0.25) is 0 Å². The fourth-order valence-corrected chi connectivity index (χ4v) is 4.07. The lowest BCUT2D eigenvalue weighted by atomic mass is 9.78. The first-order chi connectivity index (χ1) is 14.0. The number of hydrogen-bond donors (Lipinski definition) is 1. The van der Waals surface area contributed by atoms with Gasteiger partial charge in [-0.15, -0.1) is 0 Å². The molecule has 0 aliphatic heterocycles. The molecule has 1 aliphatic rings. The highest BCUT2D eigenvalue weighted by Crippen LogP contribution is 2.38. The van der Waals surface area contributed by atoms with Gasteiger partial charge < -0.3 is 9.84 Å². The molecule has 0 spiro atoms. The predicted octanol–water partition coefficient (Wildman–Crippen LogP) is 5.76. The van der Waals surface area contributed by atoms with Crippen molar-refractivity contribution in [3.63, 3.8) is 0 Å². The van der Waals surface area contributed by atoms with Crippen LogP contribution in [0.5, 0.6) is 0 Å². The second kappa shape index (κ2) is 9.67. The molecule has 0 heterocycles. The van der Waals surface area contributed by atoms with E-state index >= 15 is 0 Å². The third-order valence-electron chi connectivity index (χ3n) is 5.69. The normalized spacial score (nSPS) is 18.9. The second-order valence-electron chi connectivity index (χ2n) is 7.71. The lowest BCUT2D eigenvalue weighted by Crippen LogP contribution is -2.18. The number of halogens is 1. The van der Waals surface area contributed by atoms with Crippen LogP contribution < -0.4 is 0 Å². The van der Waals surface area contributed by atoms with Crippen molar-refractivity contribution < 1.29 is 19.0 Å². The Morgan fingerprint density at radius 3 is 2.59 bits per heavy atom. The Balaban J connectivity index is 1.82. The minimum atomic E-state index is -1.05. The third-order valence-corrected chi connectivity index (χ3v) is 5.69. The zero-order chi connectivity index (χ0) is 20.8. The summed E-state index contributed by atoms with van der Waals surface area (Å²) in [6.07, 6.45) is 5.29. The molecular formula is C24H26FNO3. The molecule has 0 radical (unpaired) electrons. The van der Waals surface area contributed by atoms with Crippen molar-refractivity contribution in [2.45, 2.75) is 44.9 Å². The molecule has 0 unspecified atom stereocenters. The Morgan fingerprint density at radius 2 is 1.97 bits per heavy atom. The second-order valence-corrected chi connectivity index (χ2v) is 7.71. The fourth-order valence-electron chi connectivity index (χ4n) is 4.07. The van der Waals surface area contributed by atoms with E-state index in [0.717, 1.165) is 50.9 Å². The van der Waals surface area contributed by atoms with Crippen LogP contribution in [0.15, 0.2) is 36.4 Å². The first kappa shape index (κ1) is 21.0. The van der Waals surface area contributed by atoms with Crippen LogP contribution in [0.4, 0.5) is 4.39 Å². The van der Waals surface area contributed by atoms with Crippen LogP contribution in [0.2, 0.25) is 0 Å². The molecule has 3 rings (SSSR count). The van der Waals surface area contributed by atoms with Gasteiger partial charge in [-0.25, -0.2) is 9.18 Å². The maximum atomic E-state index is 14.1. The molecule has 29 heavy (non-hydrogen) atoms. The molecule has 0 bridgehead atoms. The number of rotatable bonds is 7. The SMILES string of the molecule is CCCOCC1CCC(c2ccc(C(=O)O)c(-c3ccc(C#N)c(F)c3)c2)CC1. The molecule has 0 aromatic heterocycles. The largest absolute Gasteiger partial charge is 0.478 e. The van der Waals surface area contributed by atoms with Crippen molar-refractivity contribution in [2.75, 3.05) is 13.2 Å². The molecular weight excluding hydrogens is 369 g/mol. The van der Waals surface area contributed by atoms with E-state index in [9.17, 15) is 14.3 Å². The summed E-state index contributed by atoms with van der Waals surface area (Å²) in [6.45, 7) is 3.73. The van der Waals surface area contributed by atoms with Crippen molar-refractivity contribution in [1.29, 1.82) is 5.26 Å². The van der Waals surface area contributed by atoms with E-state index in [1.54, 1.807) is 18.2 Å². The van der Waals surface area contributed by atoms with Gasteiger partial charge in [-0.2, -0.15) is 5.26 Å². The Morgan fingerprint density at radius 1 is 1.21 bits per heavy atom. The summed E-state index contributed by atoms with van der Waals surface area (Å²) < 4.78 is 19.8. The number of carbonyl (C=O) groups is 1. The highest BCUT2D eigenvalue weighted by atomic mass is 19.1. The highest BCUT2D eigenvalue weighted by molar-refractivity contribution is 5.96. The molecule has 5 heteroatoms. The van der Waals surface area contributed by atoms with Crippen LogP contribution in [-0.2, 0) is 4.74 Å². The maximum Gasteiger partial charge on any atom is 0.336 e. The molecule has 0 atom stereocenters. The van der Waals surface area contributed by atoms with Crippen molar-refractivity contribution in [3.05, 3.63) is 58.9 Å². The van der Waals surface area contributed by atoms with Gasteiger partial charge in [0.05, 0.1) is 11.1 Å². The van der Waals surface area contributed by atoms with Crippen molar-refractivity contribution in [3.8, 4) is 17.2 Å². The lowest BCUT2D eigenvalue weighted by Gasteiger charge is -2.29. The number of nitriles is 1. The minimum absolute atomic E-state index is 0.0506. The third kappa shape index (κ3) is 5.02. The summed E-state index contributed by atoms with van der Waals surface area (Å²) in [7, 11) is 0. The quantitative estimate of drug-likeness (QED) is 0.605. The molecule has 1 fully saturated rings. The fraction of sp³-hybridized carbons (Fsp3) is 0.417. The summed E-state index contributed by atoms with van der Waals surface area (Å²) in [6, 6.07) is 11.4. The smallest absolute Gasteiger partial charge is 0.336 e. The Labute approximate surface area is 170 Å². The van der Waals surface area contributed by atoms with Gasteiger partial charge in [0.25, 0.3) is 0 Å². The number of benzene rings is 2. The van der Waals surface area contributed by atoms with Gasteiger partial charge in [0.15, 0.2) is 0 Å². The molecule has 0 amide bonds. The van der Waals surface area contributed by atoms with E-state index in [-0.39, 0.29) is 11.1 Å². The van der Waals surface area contributed by atoms with Crippen LogP contribution in [0.3, 0.4) is 0 Å². The summed E-state index contributed by atoms with van der Waals surface area (Å²) in [4.78, 5) is 11.7. The molecule has 152 valence electrons. The van der Waals surface area contributed by atoms with E-state index in [0.29, 0.717) is 23.0 Å². The van der Waals surface area contributed by atoms with E-state index in [2.05, 4.69) is 6.92 Å². The standard InChI is InChI=1S/C24H26FNO3/c1-2-11-29-15-16-3-5-17(6-4-16)18-9-10-21(24(27)28)22(12-18)19-7-8-20(14-26)23(25)13-19/h7-10,12-13,16-17H,2-6,11,15H2,1H3,(H,27,28). The first-order valence-electron chi connectivity index (χ1n) is 10.2. The van der Waals surface area contributed by atoms with Crippen LogP contribution >= 0.6 is 0 Å². The van der Waals surface area contributed by atoms with Gasteiger partial charge in [-0.05, 0) is 78.8 Å². The molecule has 1 aliphatic carbocycles. The van der Waals surface area contributed by atoms with E-state index < -0.39 is 11.8 Å². The molecule has 2 aromatic carbocycles. The van der Waals surface area contributed by atoms with E-state index in [4.69, 9.17) is 10.00 Å². The number of nitrogens with zero attached hydrogens (tertiary/aromatic N) is 1. The van der Waals surface area contributed by atoms with Crippen LogP contribution in [-0.4, -0.2) is 24.3 Å². The van der Waals surface area contributed by atoms with Crippen LogP contribution in [0.25, 0.3) is 11.1 Å². The highest BCUT2D eigenvalue weighted by Gasteiger charge is 2.24. The van der Waals surface area contributed by atoms with E-state index in [1.807, 2.05) is 12.1 Å². The molecule has 2 aromatic rings. The Hall–Kier alpha value is -2.71. The number of carboxylic acid groups (broad SMARTS) is 1. The zero-order valence-corrected chi connectivity index (χ0v) is 16.7. The van der Waals surface area contributed by atoms with Gasteiger partial charge >= 0.3 is 5.97 Å². The predicted molar refractivity (Wildman–Crippen MR) is 109 cm³/mol. The van der Waals surface area contributed by atoms with Gasteiger partial charge in [-0.1, -0.05) is 25.1 Å². The maximum absolute atomic E-state index is 14.1. The van der Waals surface area contributed by atoms with E-state index in [1.165, 1.54) is 12.1 Å². The Bertz CT molecular complexity index is 911. The van der Waals surface area contributed by atoms with Crippen LogP contribution in [0.1, 0.15) is 66.4 Å². The number of aromatic carboxylic acids is 1. The minimum Gasteiger partial charge on any atom is -0.478 e. The number of hydrogen-bond acceptors (Lipinski definition) is 3. The number of carboxylic acids is 1. The molecule has 1 N–H and O–H groups in total.